The molecule has 2 atom stereocenters. The Labute approximate surface area is 320 Å². The normalized spacial score (nSPS) is 15.9. The second kappa shape index (κ2) is 14.1. The van der Waals surface area contributed by atoms with Crippen LogP contribution in [0.3, 0.4) is 0 Å². The summed E-state index contributed by atoms with van der Waals surface area (Å²) in [6, 6.07) is 55.8. The van der Waals surface area contributed by atoms with Crippen LogP contribution in [-0.2, 0) is 0 Å². The van der Waals surface area contributed by atoms with Gasteiger partial charge in [0.1, 0.15) is 0 Å². The maximum atomic E-state index is 5.03. The molecule has 2 aromatic heterocycles. The van der Waals surface area contributed by atoms with Crippen LogP contribution < -0.4 is 0 Å². The van der Waals surface area contributed by atoms with E-state index in [1.807, 2.05) is 91.0 Å². The molecule has 0 radical (unpaired) electrons. The highest BCUT2D eigenvalue weighted by Gasteiger charge is 2.33. The summed E-state index contributed by atoms with van der Waals surface area (Å²) in [5.41, 5.74) is 10.6. The van der Waals surface area contributed by atoms with Crippen LogP contribution in [0, 0.1) is 11.8 Å². The molecule has 6 nitrogen and oxygen atoms in total. The Morgan fingerprint density at radius 1 is 0.309 bits per heavy atom. The quantitative estimate of drug-likeness (QED) is 0.156. The summed E-state index contributed by atoms with van der Waals surface area (Å²) >= 11 is 0. The van der Waals surface area contributed by atoms with Gasteiger partial charge in [-0.2, -0.15) is 0 Å². The number of aromatic nitrogens is 6. The van der Waals surface area contributed by atoms with Crippen molar-refractivity contribution in [3.8, 4) is 79.5 Å². The smallest absolute Gasteiger partial charge is 0.164 e. The minimum absolute atomic E-state index is 0.623. The number of benzene rings is 6. The van der Waals surface area contributed by atoms with Crippen molar-refractivity contribution < 1.29 is 0 Å². The van der Waals surface area contributed by atoms with Crippen LogP contribution >= 0.6 is 0 Å². The molecule has 2 unspecified atom stereocenters. The van der Waals surface area contributed by atoms with Crippen molar-refractivity contribution in [3.63, 3.8) is 0 Å². The van der Waals surface area contributed by atoms with Gasteiger partial charge >= 0.3 is 0 Å². The number of rotatable bonds is 8. The molecule has 1 fully saturated rings. The Morgan fingerprint density at radius 3 is 1.09 bits per heavy atom. The Hall–Kier alpha value is -6.92. The minimum atomic E-state index is 0.623. The van der Waals surface area contributed by atoms with E-state index in [-0.39, 0.29) is 0 Å². The lowest BCUT2D eigenvalue weighted by Gasteiger charge is -2.14. The average molecular weight is 709 g/mol. The fraction of sp³-hybridized carbons (Fsp3) is 0.102. The zero-order valence-corrected chi connectivity index (χ0v) is 30.1. The molecular weight excluding hydrogens is 673 g/mol. The summed E-state index contributed by atoms with van der Waals surface area (Å²) in [5, 5.41) is 0. The second-order valence-electron chi connectivity index (χ2n) is 14.3. The lowest BCUT2D eigenvalue weighted by atomic mass is 9.92. The SMILES string of the molecule is C1=C(c2ccc(-c3nc(-c4ccccc4)nc(-c4ccc(-c5cccc(-c6nc(-c7ccccc7)nc(-c7ccccc7)n6)c5)cc4)n3)cc2)C2CCC1C2. The molecular formula is C49H36N6. The Bertz CT molecular complexity index is 2600. The molecule has 0 saturated heterocycles. The van der Waals surface area contributed by atoms with Gasteiger partial charge in [0.05, 0.1) is 0 Å². The van der Waals surface area contributed by atoms with E-state index in [1.54, 1.807) is 0 Å². The Morgan fingerprint density at radius 2 is 0.673 bits per heavy atom. The maximum Gasteiger partial charge on any atom is 0.164 e. The largest absolute Gasteiger partial charge is 0.208 e. The van der Waals surface area contributed by atoms with Crippen LogP contribution in [0.4, 0.5) is 0 Å². The minimum Gasteiger partial charge on any atom is -0.208 e. The van der Waals surface area contributed by atoms with Gasteiger partial charge < -0.3 is 0 Å². The fourth-order valence-corrected chi connectivity index (χ4v) is 7.92. The van der Waals surface area contributed by atoms with Gasteiger partial charge in [-0.3, -0.25) is 0 Å². The summed E-state index contributed by atoms with van der Waals surface area (Å²) in [7, 11) is 0. The lowest BCUT2D eigenvalue weighted by Crippen LogP contribution is -2.01. The van der Waals surface area contributed by atoms with Crippen LogP contribution in [0.25, 0.3) is 85.0 Å². The van der Waals surface area contributed by atoms with Crippen molar-refractivity contribution in [1.29, 1.82) is 0 Å². The van der Waals surface area contributed by atoms with Gasteiger partial charge in [0, 0.05) is 33.4 Å². The van der Waals surface area contributed by atoms with Crippen molar-refractivity contribution in [2.45, 2.75) is 19.3 Å². The van der Waals surface area contributed by atoms with Crippen molar-refractivity contribution in [3.05, 3.63) is 175 Å². The first-order chi connectivity index (χ1) is 27.2. The lowest BCUT2D eigenvalue weighted by molar-refractivity contribution is 0.695. The zero-order chi connectivity index (χ0) is 36.6. The maximum absolute atomic E-state index is 5.03. The standard InChI is InChI=1S/C49H36N6/c1-4-11-35(12-5-1)44-51-47(53-48(52-44)39-27-23-34(24-28-39)43-30-32-19-20-41(43)29-32)38-25-21-33(22-26-38)40-17-10-18-42(31-40)49-54-45(36-13-6-2-7-14-36)50-46(55-49)37-15-8-3-9-16-37/h1-18,21-28,30-32,41H,19-20,29H2. The number of hydrogen-bond acceptors (Lipinski definition) is 6. The molecule has 0 N–H and O–H groups in total. The van der Waals surface area contributed by atoms with Crippen LogP contribution in [0.5, 0.6) is 0 Å². The predicted octanol–water partition coefficient (Wildman–Crippen LogP) is 11.5. The third-order valence-electron chi connectivity index (χ3n) is 10.8. The van der Waals surface area contributed by atoms with E-state index in [9.17, 15) is 0 Å². The monoisotopic (exact) mass is 708 g/mol. The third kappa shape index (κ3) is 6.64. The molecule has 2 heterocycles. The van der Waals surface area contributed by atoms with E-state index in [1.165, 1.54) is 30.4 Å². The second-order valence-corrected chi connectivity index (χ2v) is 14.3. The topological polar surface area (TPSA) is 77.3 Å². The first kappa shape index (κ1) is 32.7. The van der Waals surface area contributed by atoms with Gasteiger partial charge in [0.2, 0.25) is 0 Å². The highest BCUT2D eigenvalue weighted by Crippen LogP contribution is 2.48. The molecule has 2 aliphatic rings. The molecule has 262 valence electrons. The highest BCUT2D eigenvalue weighted by molar-refractivity contribution is 5.76. The molecule has 55 heavy (non-hydrogen) atoms. The van der Waals surface area contributed by atoms with Gasteiger partial charge in [0.15, 0.2) is 34.9 Å². The van der Waals surface area contributed by atoms with Gasteiger partial charge in [0.25, 0.3) is 0 Å². The van der Waals surface area contributed by atoms with E-state index < -0.39 is 0 Å². The van der Waals surface area contributed by atoms with E-state index in [4.69, 9.17) is 29.9 Å². The van der Waals surface area contributed by atoms with Crippen LogP contribution in [0.2, 0.25) is 0 Å². The summed E-state index contributed by atoms with van der Waals surface area (Å²) in [4.78, 5) is 29.7. The Balaban J connectivity index is 0.982. The van der Waals surface area contributed by atoms with Gasteiger partial charge in [-0.1, -0.05) is 164 Å². The first-order valence-corrected chi connectivity index (χ1v) is 18.9. The number of fused-ring (bicyclic) bond motifs is 2. The molecule has 2 aliphatic carbocycles. The number of hydrogen-bond donors (Lipinski definition) is 0. The molecule has 2 bridgehead atoms. The molecule has 6 aromatic carbocycles. The van der Waals surface area contributed by atoms with Crippen molar-refractivity contribution >= 4 is 5.57 Å². The fourth-order valence-electron chi connectivity index (χ4n) is 7.92. The predicted molar refractivity (Wildman–Crippen MR) is 220 cm³/mol. The number of allylic oxidation sites excluding steroid dienone is 2. The van der Waals surface area contributed by atoms with Gasteiger partial charge in [-0.15, -0.1) is 0 Å². The summed E-state index contributed by atoms with van der Waals surface area (Å²) < 4.78 is 0. The molecule has 1 saturated carbocycles. The van der Waals surface area contributed by atoms with Crippen molar-refractivity contribution in [1.82, 2.24) is 29.9 Å². The van der Waals surface area contributed by atoms with Crippen LogP contribution in [0.15, 0.2) is 170 Å². The third-order valence-corrected chi connectivity index (χ3v) is 10.8. The Kier molecular flexibility index (Phi) is 8.41. The van der Waals surface area contributed by atoms with E-state index in [0.29, 0.717) is 40.9 Å². The molecule has 6 heteroatoms. The summed E-state index contributed by atoms with van der Waals surface area (Å²) in [6.45, 7) is 0. The molecule has 10 rings (SSSR count). The van der Waals surface area contributed by atoms with Crippen LogP contribution in [-0.4, -0.2) is 29.9 Å². The zero-order valence-electron chi connectivity index (χ0n) is 30.1. The van der Waals surface area contributed by atoms with Crippen LogP contribution in [0.1, 0.15) is 24.8 Å². The van der Waals surface area contributed by atoms with E-state index in [0.717, 1.165) is 50.4 Å². The van der Waals surface area contributed by atoms with Crippen molar-refractivity contribution in [2.75, 3.05) is 0 Å². The van der Waals surface area contributed by atoms with Gasteiger partial charge in [-0.25, -0.2) is 29.9 Å². The summed E-state index contributed by atoms with van der Waals surface area (Å²) in [6.07, 6.45) is 6.45. The van der Waals surface area contributed by atoms with Crippen molar-refractivity contribution in [2.24, 2.45) is 11.8 Å². The molecule has 0 amide bonds. The average Bonchev–Trinajstić information content (AvgIpc) is 3.92. The summed E-state index contributed by atoms with van der Waals surface area (Å²) in [5.74, 6) is 5.31. The molecule has 0 aliphatic heterocycles. The highest BCUT2D eigenvalue weighted by atomic mass is 15.0. The van der Waals surface area contributed by atoms with E-state index >= 15 is 0 Å². The van der Waals surface area contributed by atoms with Gasteiger partial charge in [-0.05, 0) is 59.4 Å². The number of nitrogens with zero attached hydrogens (tertiary/aromatic N) is 6. The first-order valence-electron chi connectivity index (χ1n) is 18.9. The molecule has 8 aromatic rings. The van der Waals surface area contributed by atoms with E-state index in [2.05, 4.69) is 78.9 Å². The molecule has 0 spiro atoms.